The molecule has 0 bridgehead atoms. The molecule has 1 unspecified atom stereocenters. The van der Waals surface area contributed by atoms with Crippen molar-refractivity contribution in [1.29, 1.82) is 0 Å². The average molecular weight is 220 g/mol. The van der Waals surface area contributed by atoms with Crippen LogP contribution in [-0.2, 0) is 0 Å². The third-order valence-corrected chi connectivity index (χ3v) is 6.32. The molecule has 0 aromatic carbocycles. The van der Waals surface area contributed by atoms with Crippen LogP contribution in [0.2, 0.25) is 0 Å². The van der Waals surface area contributed by atoms with Gasteiger partial charge in [0.25, 0.3) is 0 Å². The number of aliphatic hydroxyl groups is 1. The Bertz CT molecular complexity index is 356. The number of hydrogen-bond donors (Lipinski definition) is 1. The van der Waals surface area contributed by atoms with Gasteiger partial charge in [0, 0.05) is 5.41 Å². The molecule has 0 amide bonds. The molecule has 0 saturated heterocycles. The zero-order valence-corrected chi connectivity index (χ0v) is 10.8. The topological polar surface area (TPSA) is 20.2 Å². The van der Waals surface area contributed by atoms with Gasteiger partial charge in [0.05, 0.1) is 5.60 Å². The minimum Gasteiger partial charge on any atom is -0.386 e. The Morgan fingerprint density at radius 2 is 1.94 bits per heavy atom. The van der Waals surface area contributed by atoms with Crippen molar-refractivity contribution >= 4 is 0 Å². The molecular formula is C15H24O. The Hall–Kier alpha value is -0.300. The van der Waals surface area contributed by atoms with E-state index in [1.807, 2.05) is 6.92 Å². The second kappa shape index (κ2) is 2.75. The van der Waals surface area contributed by atoms with E-state index in [0.29, 0.717) is 5.41 Å². The molecule has 16 heavy (non-hydrogen) atoms. The number of hydrogen-bond acceptors (Lipinski definition) is 1. The standard InChI is InChI=1S/C15H24O/c1-10-5-8-15-11(2)14(4,16)9-13(15,3)7-6-12(10)15/h10,12,16H,2,5-9H2,1,3-4H3/t10-,12+,13+,14?,15+/m1/s1. The summed E-state index contributed by atoms with van der Waals surface area (Å²) in [5, 5.41) is 10.6. The molecule has 0 heterocycles. The van der Waals surface area contributed by atoms with Gasteiger partial charge >= 0.3 is 0 Å². The summed E-state index contributed by atoms with van der Waals surface area (Å²) < 4.78 is 0. The summed E-state index contributed by atoms with van der Waals surface area (Å²) in [7, 11) is 0. The molecule has 3 saturated carbocycles. The molecule has 3 aliphatic rings. The monoisotopic (exact) mass is 220 g/mol. The third kappa shape index (κ3) is 0.932. The number of rotatable bonds is 0. The van der Waals surface area contributed by atoms with E-state index in [4.69, 9.17) is 0 Å². The van der Waals surface area contributed by atoms with E-state index in [-0.39, 0.29) is 5.41 Å². The van der Waals surface area contributed by atoms with Crippen molar-refractivity contribution < 1.29 is 5.11 Å². The molecule has 3 rings (SSSR count). The van der Waals surface area contributed by atoms with Crippen LogP contribution in [0.25, 0.3) is 0 Å². The highest BCUT2D eigenvalue weighted by Crippen LogP contribution is 2.75. The zero-order chi connectivity index (χ0) is 11.8. The zero-order valence-electron chi connectivity index (χ0n) is 10.8. The highest BCUT2D eigenvalue weighted by atomic mass is 16.3. The average Bonchev–Trinajstić information content (AvgIpc) is 2.68. The van der Waals surface area contributed by atoms with E-state index in [1.165, 1.54) is 25.7 Å². The van der Waals surface area contributed by atoms with Crippen molar-refractivity contribution in [3.63, 3.8) is 0 Å². The summed E-state index contributed by atoms with van der Waals surface area (Å²) >= 11 is 0. The lowest BCUT2D eigenvalue weighted by molar-refractivity contribution is 0.0793. The fraction of sp³-hybridized carbons (Fsp3) is 0.867. The molecule has 5 atom stereocenters. The second-order valence-electron chi connectivity index (χ2n) is 7.12. The van der Waals surface area contributed by atoms with Crippen molar-refractivity contribution in [3.8, 4) is 0 Å². The van der Waals surface area contributed by atoms with Crippen molar-refractivity contribution in [1.82, 2.24) is 0 Å². The van der Waals surface area contributed by atoms with Crippen LogP contribution in [0, 0.1) is 22.7 Å². The van der Waals surface area contributed by atoms with Crippen molar-refractivity contribution in [2.24, 2.45) is 22.7 Å². The molecule has 1 nitrogen and oxygen atoms in total. The predicted octanol–water partition coefficient (Wildman–Crippen LogP) is 3.53. The molecule has 90 valence electrons. The maximum Gasteiger partial charge on any atom is 0.0837 e. The van der Waals surface area contributed by atoms with E-state index in [9.17, 15) is 5.11 Å². The quantitative estimate of drug-likeness (QED) is 0.619. The molecular weight excluding hydrogens is 196 g/mol. The molecule has 1 spiro atoms. The van der Waals surface area contributed by atoms with Gasteiger partial charge < -0.3 is 5.11 Å². The molecule has 0 aromatic heterocycles. The smallest absolute Gasteiger partial charge is 0.0837 e. The summed E-state index contributed by atoms with van der Waals surface area (Å²) in [6, 6.07) is 0. The molecule has 0 aromatic rings. The molecule has 3 aliphatic carbocycles. The van der Waals surface area contributed by atoms with E-state index in [1.54, 1.807) is 0 Å². The van der Waals surface area contributed by atoms with E-state index in [2.05, 4.69) is 20.4 Å². The Labute approximate surface area is 98.9 Å². The first-order chi connectivity index (χ1) is 7.33. The minimum absolute atomic E-state index is 0.274. The molecule has 3 fully saturated rings. The van der Waals surface area contributed by atoms with Gasteiger partial charge in [-0.15, -0.1) is 0 Å². The SMILES string of the molecule is C=C1C(C)(O)C[C@]2(C)CC[C@H]3[C@H](C)CC[C@]132. The van der Waals surface area contributed by atoms with Gasteiger partial charge in [0.2, 0.25) is 0 Å². The van der Waals surface area contributed by atoms with Crippen LogP contribution >= 0.6 is 0 Å². The van der Waals surface area contributed by atoms with E-state index >= 15 is 0 Å². The summed E-state index contributed by atoms with van der Waals surface area (Å²) in [6.45, 7) is 11.1. The van der Waals surface area contributed by atoms with Crippen LogP contribution < -0.4 is 0 Å². The fourth-order valence-electron chi connectivity index (χ4n) is 5.64. The maximum absolute atomic E-state index is 10.6. The lowest BCUT2D eigenvalue weighted by atomic mass is 9.64. The predicted molar refractivity (Wildman–Crippen MR) is 66.0 cm³/mol. The fourth-order valence-corrected chi connectivity index (χ4v) is 5.64. The first-order valence-corrected chi connectivity index (χ1v) is 6.76. The van der Waals surface area contributed by atoms with Gasteiger partial charge in [-0.2, -0.15) is 0 Å². The summed E-state index contributed by atoms with van der Waals surface area (Å²) in [5.74, 6) is 1.62. The van der Waals surface area contributed by atoms with Crippen LogP contribution in [0.4, 0.5) is 0 Å². The Kier molecular flexibility index (Phi) is 1.86. The first kappa shape index (κ1) is 10.8. The lowest BCUT2D eigenvalue weighted by Gasteiger charge is -2.39. The second-order valence-corrected chi connectivity index (χ2v) is 7.12. The van der Waals surface area contributed by atoms with E-state index < -0.39 is 5.60 Å². The van der Waals surface area contributed by atoms with Gasteiger partial charge in [-0.25, -0.2) is 0 Å². The molecule has 0 radical (unpaired) electrons. The van der Waals surface area contributed by atoms with Gasteiger partial charge in [0.1, 0.15) is 0 Å². The van der Waals surface area contributed by atoms with Crippen LogP contribution in [0.15, 0.2) is 12.2 Å². The third-order valence-electron chi connectivity index (χ3n) is 6.32. The van der Waals surface area contributed by atoms with Crippen LogP contribution in [-0.4, -0.2) is 10.7 Å². The van der Waals surface area contributed by atoms with Crippen LogP contribution in [0.3, 0.4) is 0 Å². The highest BCUT2D eigenvalue weighted by molar-refractivity contribution is 5.37. The van der Waals surface area contributed by atoms with Gasteiger partial charge in [-0.05, 0) is 61.9 Å². The lowest BCUT2D eigenvalue weighted by Crippen LogP contribution is -2.34. The largest absolute Gasteiger partial charge is 0.386 e. The first-order valence-electron chi connectivity index (χ1n) is 6.76. The normalized spacial score (nSPS) is 60.1. The maximum atomic E-state index is 10.6. The summed E-state index contributed by atoms with van der Waals surface area (Å²) in [5.41, 5.74) is 1.14. The van der Waals surface area contributed by atoms with Crippen LogP contribution in [0.1, 0.15) is 52.9 Å². The summed E-state index contributed by atoms with van der Waals surface area (Å²) in [6.07, 6.45) is 6.17. The summed E-state index contributed by atoms with van der Waals surface area (Å²) in [4.78, 5) is 0. The Balaban J connectivity index is 2.14. The van der Waals surface area contributed by atoms with Gasteiger partial charge in [-0.1, -0.05) is 20.4 Å². The molecule has 0 aliphatic heterocycles. The van der Waals surface area contributed by atoms with Crippen LogP contribution in [0.5, 0.6) is 0 Å². The van der Waals surface area contributed by atoms with Crippen molar-refractivity contribution in [3.05, 3.63) is 12.2 Å². The highest BCUT2D eigenvalue weighted by Gasteiger charge is 2.69. The molecule has 1 N–H and O–H groups in total. The minimum atomic E-state index is -0.614. The van der Waals surface area contributed by atoms with Gasteiger partial charge in [-0.3, -0.25) is 0 Å². The Morgan fingerprint density at radius 1 is 1.25 bits per heavy atom. The van der Waals surface area contributed by atoms with Crippen molar-refractivity contribution in [2.75, 3.05) is 0 Å². The van der Waals surface area contributed by atoms with Crippen molar-refractivity contribution in [2.45, 2.75) is 58.5 Å². The molecule has 1 heteroatoms. The Morgan fingerprint density at radius 3 is 2.62 bits per heavy atom. The van der Waals surface area contributed by atoms with E-state index in [0.717, 1.165) is 23.8 Å². The van der Waals surface area contributed by atoms with Gasteiger partial charge in [0.15, 0.2) is 0 Å².